The third kappa shape index (κ3) is 4.92. The van der Waals surface area contributed by atoms with Crippen LogP contribution in [0, 0.1) is 0 Å². The zero-order chi connectivity index (χ0) is 23.4. The summed E-state index contributed by atoms with van der Waals surface area (Å²) in [7, 11) is 4.02. The van der Waals surface area contributed by atoms with Crippen molar-refractivity contribution >= 4 is 29.0 Å². The smallest absolute Gasteiger partial charge is 0.261 e. The molecule has 0 atom stereocenters. The number of fused-ring (bicyclic) bond motifs is 2. The summed E-state index contributed by atoms with van der Waals surface area (Å²) in [5.41, 5.74) is 2.23. The van der Waals surface area contributed by atoms with E-state index in [0.29, 0.717) is 23.0 Å². The van der Waals surface area contributed by atoms with E-state index in [0.717, 1.165) is 25.2 Å². The minimum absolute atomic E-state index is 0.154. The number of likely N-dealkylation sites (N-methyl/N-ethyl adjacent to an activating group) is 2. The van der Waals surface area contributed by atoms with Gasteiger partial charge in [0.25, 0.3) is 5.91 Å². The largest absolute Gasteiger partial charge is 0.320 e. The van der Waals surface area contributed by atoms with Crippen molar-refractivity contribution in [3.8, 4) is 11.4 Å². The number of rotatable bonds is 7. The number of para-hydroxylation sites is 2. The number of amides is 2. The standard InChI is InChI=1S/C25H28N6O2/c1-4-30(15-14-29(2)3)17-22(32)31-21-13-9-8-12-20(21)27-25(33)19-16-26-23(28-24(19)31)18-10-6-5-7-11-18/h5-13,16H,4,14-15,17H2,1-3H3,(H,27,33). The van der Waals surface area contributed by atoms with Crippen LogP contribution < -0.4 is 10.2 Å². The highest BCUT2D eigenvalue weighted by Crippen LogP contribution is 2.37. The normalized spacial score (nSPS) is 12.9. The molecule has 170 valence electrons. The van der Waals surface area contributed by atoms with Crippen molar-refractivity contribution in [1.82, 2.24) is 19.8 Å². The van der Waals surface area contributed by atoms with E-state index in [-0.39, 0.29) is 23.9 Å². The summed E-state index contributed by atoms with van der Waals surface area (Å²) in [6, 6.07) is 16.8. The fourth-order valence-electron chi connectivity index (χ4n) is 3.71. The first-order chi connectivity index (χ1) is 16.0. The molecule has 1 aliphatic heterocycles. The van der Waals surface area contributed by atoms with E-state index >= 15 is 0 Å². The maximum atomic E-state index is 13.7. The summed E-state index contributed by atoms with van der Waals surface area (Å²) in [6.45, 7) is 4.58. The number of nitrogens with zero attached hydrogens (tertiary/aromatic N) is 5. The molecule has 2 aromatic carbocycles. The van der Waals surface area contributed by atoms with Gasteiger partial charge in [0.2, 0.25) is 5.91 Å². The topological polar surface area (TPSA) is 81.7 Å². The van der Waals surface area contributed by atoms with E-state index in [1.165, 1.54) is 6.20 Å². The first-order valence-electron chi connectivity index (χ1n) is 11.0. The highest BCUT2D eigenvalue weighted by Gasteiger charge is 2.32. The molecule has 8 heteroatoms. The van der Waals surface area contributed by atoms with Crippen LogP contribution in [0.15, 0.2) is 60.8 Å². The maximum Gasteiger partial charge on any atom is 0.261 e. The molecule has 1 aromatic heterocycles. The van der Waals surface area contributed by atoms with Gasteiger partial charge in [0.15, 0.2) is 11.6 Å². The van der Waals surface area contributed by atoms with Gasteiger partial charge in [-0.05, 0) is 32.8 Å². The number of nitrogens with one attached hydrogen (secondary N) is 1. The van der Waals surface area contributed by atoms with Gasteiger partial charge in [0.1, 0.15) is 5.56 Å². The van der Waals surface area contributed by atoms with E-state index in [1.54, 1.807) is 11.0 Å². The molecule has 0 saturated carbocycles. The van der Waals surface area contributed by atoms with Crippen LogP contribution in [0.5, 0.6) is 0 Å². The number of benzene rings is 2. The summed E-state index contributed by atoms with van der Waals surface area (Å²) in [5, 5.41) is 2.90. The number of carbonyl (C=O) groups is 2. The SMILES string of the molecule is CCN(CCN(C)C)CC(=O)N1c2ccccc2NC(=O)c2cnc(-c3ccccc3)nc21. The molecule has 1 N–H and O–H groups in total. The Morgan fingerprint density at radius 2 is 1.76 bits per heavy atom. The Balaban J connectivity index is 1.79. The van der Waals surface area contributed by atoms with Gasteiger partial charge >= 0.3 is 0 Å². The first-order valence-corrected chi connectivity index (χ1v) is 11.0. The minimum Gasteiger partial charge on any atom is -0.320 e. The van der Waals surface area contributed by atoms with Gasteiger partial charge in [0, 0.05) is 24.8 Å². The van der Waals surface area contributed by atoms with Crippen molar-refractivity contribution in [2.75, 3.05) is 50.5 Å². The number of hydrogen-bond donors (Lipinski definition) is 1. The molecule has 8 nitrogen and oxygen atoms in total. The monoisotopic (exact) mass is 444 g/mol. The Kier molecular flexibility index (Phi) is 6.76. The number of carbonyl (C=O) groups excluding carboxylic acids is 2. The van der Waals surface area contributed by atoms with Gasteiger partial charge < -0.3 is 10.2 Å². The Hall–Kier alpha value is -3.62. The highest BCUT2D eigenvalue weighted by molar-refractivity contribution is 6.17. The zero-order valence-electron chi connectivity index (χ0n) is 19.2. The molecule has 0 spiro atoms. The lowest BCUT2D eigenvalue weighted by atomic mass is 10.2. The fraction of sp³-hybridized carbons (Fsp3) is 0.280. The van der Waals surface area contributed by atoms with Crippen molar-refractivity contribution in [2.24, 2.45) is 0 Å². The molecular formula is C25H28N6O2. The van der Waals surface area contributed by atoms with Crippen LogP contribution >= 0.6 is 0 Å². The van der Waals surface area contributed by atoms with Crippen molar-refractivity contribution in [2.45, 2.75) is 6.92 Å². The van der Waals surface area contributed by atoms with Crippen LogP contribution in [0.25, 0.3) is 11.4 Å². The van der Waals surface area contributed by atoms with Crippen LogP contribution in [0.2, 0.25) is 0 Å². The quantitative estimate of drug-likeness (QED) is 0.603. The van der Waals surface area contributed by atoms with Crippen molar-refractivity contribution in [1.29, 1.82) is 0 Å². The third-order valence-electron chi connectivity index (χ3n) is 5.57. The second-order valence-electron chi connectivity index (χ2n) is 8.17. The van der Waals surface area contributed by atoms with Crippen LogP contribution in [0.4, 0.5) is 17.2 Å². The van der Waals surface area contributed by atoms with Gasteiger partial charge in [-0.2, -0.15) is 0 Å². The van der Waals surface area contributed by atoms with Crippen molar-refractivity contribution < 1.29 is 9.59 Å². The molecule has 4 rings (SSSR count). The lowest BCUT2D eigenvalue weighted by Crippen LogP contribution is -2.41. The number of aromatic nitrogens is 2. The van der Waals surface area contributed by atoms with Gasteiger partial charge in [-0.25, -0.2) is 9.97 Å². The lowest BCUT2D eigenvalue weighted by Gasteiger charge is -2.27. The van der Waals surface area contributed by atoms with E-state index in [2.05, 4.69) is 20.1 Å². The summed E-state index contributed by atoms with van der Waals surface area (Å²) in [5.74, 6) is 0.255. The predicted octanol–water partition coefficient (Wildman–Crippen LogP) is 3.26. The Morgan fingerprint density at radius 3 is 2.48 bits per heavy atom. The third-order valence-corrected chi connectivity index (χ3v) is 5.57. The van der Waals surface area contributed by atoms with E-state index < -0.39 is 0 Å². The second kappa shape index (κ2) is 9.89. The van der Waals surface area contributed by atoms with E-state index in [4.69, 9.17) is 4.98 Å². The minimum atomic E-state index is -0.340. The second-order valence-corrected chi connectivity index (χ2v) is 8.17. The number of hydrogen-bond acceptors (Lipinski definition) is 6. The summed E-state index contributed by atoms with van der Waals surface area (Å²) >= 11 is 0. The molecule has 0 unspecified atom stereocenters. The predicted molar refractivity (Wildman–Crippen MR) is 130 cm³/mol. The van der Waals surface area contributed by atoms with Gasteiger partial charge in [-0.1, -0.05) is 49.4 Å². The Labute approximate surface area is 193 Å². The zero-order valence-corrected chi connectivity index (χ0v) is 19.2. The highest BCUT2D eigenvalue weighted by atomic mass is 16.2. The Morgan fingerprint density at radius 1 is 1.03 bits per heavy atom. The molecule has 33 heavy (non-hydrogen) atoms. The van der Waals surface area contributed by atoms with Gasteiger partial charge in [-0.3, -0.25) is 19.4 Å². The molecule has 1 aliphatic rings. The molecule has 2 amide bonds. The van der Waals surface area contributed by atoms with Crippen molar-refractivity contribution in [3.05, 3.63) is 66.4 Å². The maximum absolute atomic E-state index is 13.7. The van der Waals surface area contributed by atoms with Crippen LogP contribution in [-0.2, 0) is 4.79 Å². The van der Waals surface area contributed by atoms with Crippen molar-refractivity contribution in [3.63, 3.8) is 0 Å². The molecule has 0 saturated heterocycles. The molecule has 0 aliphatic carbocycles. The average molecular weight is 445 g/mol. The van der Waals surface area contributed by atoms with Crippen LogP contribution in [0.1, 0.15) is 17.3 Å². The summed E-state index contributed by atoms with van der Waals surface area (Å²) in [4.78, 5) is 41.6. The van der Waals surface area contributed by atoms with E-state index in [9.17, 15) is 9.59 Å². The number of anilines is 3. The molecule has 0 bridgehead atoms. The van der Waals surface area contributed by atoms with Gasteiger partial charge in [0.05, 0.1) is 17.9 Å². The van der Waals surface area contributed by atoms with Crippen LogP contribution in [-0.4, -0.2) is 71.9 Å². The Bertz CT molecular complexity index is 1150. The first kappa shape index (κ1) is 22.6. The molecule has 0 radical (unpaired) electrons. The lowest BCUT2D eigenvalue weighted by molar-refractivity contribution is -0.119. The summed E-state index contributed by atoms with van der Waals surface area (Å²) < 4.78 is 0. The molecule has 3 aromatic rings. The van der Waals surface area contributed by atoms with E-state index in [1.807, 2.05) is 69.6 Å². The van der Waals surface area contributed by atoms with Crippen LogP contribution in [0.3, 0.4) is 0 Å². The van der Waals surface area contributed by atoms with Gasteiger partial charge in [-0.15, -0.1) is 0 Å². The molecular weight excluding hydrogens is 416 g/mol. The molecule has 0 fully saturated rings. The fourth-order valence-corrected chi connectivity index (χ4v) is 3.71. The average Bonchev–Trinajstić information content (AvgIpc) is 2.95. The molecule has 2 heterocycles. The summed E-state index contributed by atoms with van der Waals surface area (Å²) in [6.07, 6.45) is 1.50.